The van der Waals surface area contributed by atoms with Crippen LogP contribution in [-0.4, -0.2) is 42.1 Å². The quantitative estimate of drug-likeness (QED) is 0.795. The molecule has 0 aliphatic carbocycles. The number of hydrogen-bond donors (Lipinski definition) is 2. The molecule has 0 aromatic carbocycles. The maximum Gasteiger partial charge on any atom is 0.267 e. The van der Waals surface area contributed by atoms with Gasteiger partial charge in [-0.25, -0.2) is 0 Å². The van der Waals surface area contributed by atoms with E-state index in [2.05, 4.69) is 15.2 Å². The highest BCUT2D eigenvalue weighted by Crippen LogP contribution is 2.21. The molecule has 100 valence electrons. The first kappa shape index (κ1) is 13.5. The van der Waals surface area contributed by atoms with Crippen LogP contribution in [0.15, 0.2) is 18.3 Å². The minimum absolute atomic E-state index is 0.0487. The van der Waals surface area contributed by atoms with Gasteiger partial charge in [0, 0.05) is 24.5 Å². The van der Waals surface area contributed by atoms with Crippen molar-refractivity contribution in [1.82, 2.24) is 15.2 Å². The van der Waals surface area contributed by atoms with Crippen molar-refractivity contribution in [3.05, 3.63) is 24.0 Å². The first-order valence-electron chi connectivity index (χ1n) is 6.47. The van der Waals surface area contributed by atoms with Gasteiger partial charge in [-0.05, 0) is 44.3 Å². The van der Waals surface area contributed by atoms with Crippen molar-refractivity contribution in [2.45, 2.75) is 18.9 Å². The molecule has 2 rings (SSSR count). The Bertz CT molecular complexity index is 385. The minimum Gasteiger partial charge on any atom is -0.350 e. The van der Waals surface area contributed by atoms with Crippen molar-refractivity contribution in [1.29, 1.82) is 0 Å². The monoisotopic (exact) mass is 267 g/mol. The van der Waals surface area contributed by atoms with Gasteiger partial charge in [-0.1, -0.05) is 0 Å². The highest BCUT2D eigenvalue weighted by atomic mass is 32.2. The molecular weight excluding hydrogens is 246 g/mol. The molecule has 2 N–H and O–H groups in total. The summed E-state index contributed by atoms with van der Waals surface area (Å²) in [6, 6.07) is 4.34. The summed E-state index contributed by atoms with van der Waals surface area (Å²) in [4.78, 5) is 12.1. The number of piperidine rings is 1. The predicted molar refractivity (Wildman–Crippen MR) is 76.3 cm³/mol. The van der Waals surface area contributed by atoms with E-state index in [-0.39, 0.29) is 5.91 Å². The summed E-state index contributed by atoms with van der Waals surface area (Å²) in [5, 5.41) is 6.32. The van der Waals surface area contributed by atoms with Crippen LogP contribution in [0, 0.1) is 0 Å². The fourth-order valence-electron chi connectivity index (χ4n) is 2.35. The molecule has 1 aliphatic rings. The number of thioether (sulfide) groups is 1. The van der Waals surface area contributed by atoms with Gasteiger partial charge in [-0.2, -0.15) is 11.8 Å². The van der Waals surface area contributed by atoms with Crippen molar-refractivity contribution in [3.63, 3.8) is 0 Å². The largest absolute Gasteiger partial charge is 0.350 e. The van der Waals surface area contributed by atoms with Crippen LogP contribution in [0.1, 0.15) is 29.4 Å². The van der Waals surface area contributed by atoms with Crippen molar-refractivity contribution in [2.24, 2.45) is 0 Å². The van der Waals surface area contributed by atoms with Crippen LogP contribution < -0.4 is 10.6 Å². The molecule has 0 radical (unpaired) electrons. The lowest BCUT2D eigenvalue weighted by molar-refractivity contribution is 0.0943. The zero-order valence-corrected chi connectivity index (χ0v) is 11.6. The lowest BCUT2D eigenvalue weighted by Gasteiger charge is -2.25. The topological polar surface area (TPSA) is 46.1 Å². The van der Waals surface area contributed by atoms with E-state index in [0.717, 1.165) is 43.9 Å². The third-order valence-electron chi connectivity index (χ3n) is 3.31. The third kappa shape index (κ3) is 3.29. The Hall–Kier alpha value is -0.940. The molecule has 0 spiro atoms. The summed E-state index contributed by atoms with van der Waals surface area (Å²) in [7, 11) is 0. The first-order valence-corrected chi connectivity index (χ1v) is 7.87. The average Bonchev–Trinajstić information content (AvgIpc) is 2.89. The Morgan fingerprint density at radius 1 is 1.56 bits per heavy atom. The molecule has 1 aromatic heterocycles. The molecular formula is C13H21N3OS. The number of nitrogens with zero attached hydrogens (tertiary/aromatic N) is 1. The Labute approximate surface area is 113 Å². The number of carbonyl (C=O) groups excluding carboxylic acids is 1. The van der Waals surface area contributed by atoms with E-state index in [1.165, 1.54) is 0 Å². The van der Waals surface area contributed by atoms with Gasteiger partial charge in [0.1, 0.15) is 5.69 Å². The summed E-state index contributed by atoms with van der Waals surface area (Å²) >= 11 is 1.74. The van der Waals surface area contributed by atoms with E-state index in [1.54, 1.807) is 11.8 Å². The Morgan fingerprint density at radius 3 is 3.06 bits per heavy atom. The fourth-order valence-corrected chi connectivity index (χ4v) is 2.65. The van der Waals surface area contributed by atoms with E-state index < -0.39 is 0 Å². The van der Waals surface area contributed by atoms with Gasteiger partial charge in [0.25, 0.3) is 5.91 Å². The predicted octanol–water partition coefficient (Wildman–Crippen LogP) is 1.51. The number of hydrogen-bond acceptors (Lipinski definition) is 3. The van der Waals surface area contributed by atoms with Crippen molar-refractivity contribution >= 4 is 17.7 Å². The van der Waals surface area contributed by atoms with Crippen molar-refractivity contribution < 1.29 is 4.79 Å². The summed E-state index contributed by atoms with van der Waals surface area (Å²) in [6.07, 6.45) is 6.27. The van der Waals surface area contributed by atoms with Crippen LogP contribution in [0.3, 0.4) is 0 Å². The van der Waals surface area contributed by atoms with Crippen molar-refractivity contribution in [2.75, 3.05) is 31.6 Å². The van der Waals surface area contributed by atoms with Gasteiger partial charge in [0.15, 0.2) is 0 Å². The molecule has 0 unspecified atom stereocenters. The third-order valence-corrected chi connectivity index (χ3v) is 3.92. The zero-order chi connectivity index (χ0) is 12.8. The van der Waals surface area contributed by atoms with Crippen LogP contribution >= 0.6 is 11.8 Å². The van der Waals surface area contributed by atoms with Crippen LogP contribution in [0.2, 0.25) is 0 Å². The summed E-state index contributed by atoms with van der Waals surface area (Å²) in [5.74, 6) is 1.01. The maximum atomic E-state index is 12.1. The summed E-state index contributed by atoms with van der Waals surface area (Å²) < 4.78 is 2.13. The van der Waals surface area contributed by atoms with Gasteiger partial charge < -0.3 is 15.2 Å². The molecule has 1 aliphatic heterocycles. The van der Waals surface area contributed by atoms with Gasteiger partial charge >= 0.3 is 0 Å². The molecule has 2 heterocycles. The maximum absolute atomic E-state index is 12.1. The second-order valence-electron chi connectivity index (χ2n) is 4.53. The molecule has 1 aromatic rings. The number of aromatic nitrogens is 1. The number of nitrogens with one attached hydrogen (secondary N) is 2. The van der Waals surface area contributed by atoms with Crippen LogP contribution in [-0.2, 0) is 0 Å². The van der Waals surface area contributed by atoms with Crippen LogP contribution in [0.4, 0.5) is 0 Å². The first-order chi connectivity index (χ1) is 8.83. The minimum atomic E-state index is 0.0487. The van der Waals surface area contributed by atoms with Gasteiger partial charge in [0.05, 0.1) is 0 Å². The zero-order valence-electron chi connectivity index (χ0n) is 10.8. The molecule has 1 saturated heterocycles. The van der Waals surface area contributed by atoms with Crippen LogP contribution in [0.25, 0.3) is 0 Å². The van der Waals surface area contributed by atoms with Gasteiger partial charge in [-0.15, -0.1) is 0 Å². The van der Waals surface area contributed by atoms with E-state index in [9.17, 15) is 4.79 Å². The molecule has 4 nitrogen and oxygen atoms in total. The standard InChI is InChI=1S/C13H21N3OS/c1-18-10-8-15-13(17)12-3-2-9-16(12)11-4-6-14-7-5-11/h2-3,9,11,14H,4-8,10H2,1H3,(H,15,17). The molecule has 1 amide bonds. The molecule has 5 heteroatoms. The average molecular weight is 267 g/mol. The number of rotatable bonds is 5. The molecule has 0 atom stereocenters. The molecule has 0 saturated carbocycles. The molecule has 0 bridgehead atoms. The SMILES string of the molecule is CSCCNC(=O)c1cccn1C1CCNCC1. The fraction of sp³-hybridized carbons (Fsp3) is 0.615. The van der Waals surface area contributed by atoms with Crippen LogP contribution in [0.5, 0.6) is 0 Å². The van der Waals surface area contributed by atoms with E-state index in [0.29, 0.717) is 6.04 Å². The Kier molecular flexibility index (Phi) is 5.13. The summed E-state index contributed by atoms with van der Waals surface area (Å²) in [5.41, 5.74) is 0.794. The smallest absolute Gasteiger partial charge is 0.267 e. The van der Waals surface area contributed by atoms with Crippen molar-refractivity contribution in [3.8, 4) is 0 Å². The number of carbonyl (C=O) groups is 1. The molecule has 1 fully saturated rings. The van der Waals surface area contributed by atoms with Gasteiger partial charge in [-0.3, -0.25) is 4.79 Å². The molecule has 18 heavy (non-hydrogen) atoms. The second-order valence-corrected chi connectivity index (χ2v) is 5.52. The lowest BCUT2D eigenvalue weighted by atomic mass is 10.1. The Balaban J connectivity index is 1.99. The van der Waals surface area contributed by atoms with E-state index in [4.69, 9.17) is 0 Å². The lowest BCUT2D eigenvalue weighted by Crippen LogP contribution is -2.33. The Morgan fingerprint density at radius 2 is 2.33 bits per heavy atom. The second kappa shape index (κ2) is 6.85. The normalized spacial score (nSPS) is 16.7. The summed E-state index contributed by atoms with van der Waals surface area (Å²) in [6.45, 7) is 2.81. The highest BCUT2D eigenvalue weighted by Gasteiger charge is 2.19. The van der Waals surface area contributed by atoms with Gasteiger partial charge in [0.2, 0.25) is 0 Å². The van der Waals surface area contributed by atoms with E-state index in [1.807, 2.05) is 24.6 Å². The highest BCUT2D eigenvalue weighted by molar-refractivity contribution is 7.98. The number of amides is 1. The van der Waals surface area contributed by atoms with E-state index >= 15 is 0 Å².